The van der Waals surface area contributed by atoms with Crippen molar-refractivity contribution in [2.24, 2.45) is 0 Å². The van der Waals surface area contributed by atoms with Gasteiger partial charge in [-0.25, -0.2) is 4.79 Å². The minimum Gasteiger partial charge on any atom is -0.341 e. The quantitative estimate of drug-likeness (QED) is 0.835. The average molecular weight is 369 g/mol. The van der Waals surface area contributed by atoms with Crippen LogP contribution in [-0.2, 0) is 21.6 Å². The third kappa shape index (κ3) is 3.89. The van der Waals surface area contributed by atoms with E-state index in [9.17, 15) is 9.59 Å². The first-order valence-electron chi connectivity index (χ1n) is 9.47. The summed E-state index contributed by atoms with van der Waals surface area (Å²) in [7, 11) is 0. The Morgan fingerprint density at radius 1 is 1.30 bits per heavy atom. The van der Waals surface area contributed by atoms with Crippen LogP contribution in [0.1, 0.15) is 73.3 Å². The standard InChI is InChI=1S/C21H27N3O3/c1-5-9-18(25)27-23-20(26)19-14(2)22-24-17(19)12-16(13-21(24,3)4)15-10-7-6-8-11-15/h6-8,10-11,16H,5,9,12-13H2,1-4H3,(H,23,26)/t16-/m0/s1. The van der Waals surface area contributed by atoms with E-state index in [1.54, 1.807) is 0 Å². The first-order valence-corrected chi connectivity index (χ1v) is 9.47. The topological polar surface area (TPSA) is 73.2 Å². The van der Waals surface area contributed by atoms with E-state index in [4.69, 9.17) is 4.84 Å². The van der Waals surface area contributed by atoms with Gasteiger partial charge in [0, 0.05) is 6.42 Å². The van der Waals surface area contributed by atoms with Crippen LogP contribution in [0, 0.1) is 6.92 Å². The molecule has 0 saturated carbocycles. The summed E-state index contributed by atoms with van der Waals surface area (Å²) >= 11 is 0. The molecule has 0 saturated heterocycles. The van der Waals surface area contributed by atoms with Crippen LogP contribution >= 0.6 is 0 Å². The number of hydrogen-bond donors (Lipinski definition) is 1. The first kappa shape index (κ1) is 19.1. The van der Waals surface area contributed by atoms with E-state index >= 15 is 0 Å². The maximum atomic E-state index is 12.7. The van der Waals surface area contributed by atoms with Gasteiger partial charge in [-0.05, 0) is 51.5 Å². The summed E-state index contributed by atoms with van der Waals surface area (Å²) in [6, 6.07) is 10.4. The fourth-order valence-corrected chi connectivity index (χ4v) is 3.93. The molecule has 0 radical (unpaired) electrons. The zero-order chi connectivity index (χ0) is 19.6. The second kappa shape index (κ2) is 7.55. The minimum absolute atomic E-state index is 0.212. The van der Waals surface area contributed by atoms with Crippen LogP contribution in [0.4, 0.5) is 0 Å². The Morgan fingerprint density at radius 2 is 2.00 bits per heavy atom. The molecule has 1 aromatic carbocycles. The van der Waals surface area contributed by atoms with E-state index in [0.717, 1.165) is 18.5 Å². The Labute approximate surface area is 159 Å². The molecule has 1 aliphatic rings. The van der Waals surface area contributed by atoms with E-state index in [2.05, 4.69) is 36.6 Å². The molecule has 27 heavy (non-hydrogen) atoms. The molecular formula is C21H27N3O3. The highest BCUT2D eigenvalue weighted by Gasteiger charge is 2.38. The molecule has 0 unspecified atom stereocenters. The molecule has 0 spiro atoms. The zero-order valence-electron chi connectivity index (χ0n) is 16.4. The normalized spacial score (nSPS) is 17.9. The number of hydroxylamine groups is 1. The molecule has 0 fully saturated rings. The lowest BCUT2D eigenvalue weighted by Gasteiger charge is -2.37. The van der Waals surface area contributed by atoms with Crippen molar-refractivity contribution >= 4 is 11.9 Å². The lowest BCUT2D eigenvalue weighted by molar-refractivity contribution is -0.149. The van der Waals surface area contributed by atoms with Gasteiger partial charge in [-0.15, -0.1) is 0 Å². The predicted molar refractivity (Wildman–Crippen MR) is 102 cm³/mol. The second-order valence-corrected chi connectivity index (χ2v) is 7.80. The number of benzene rings is 1. The van der Waals surface area contributed by atoms with Crippen LogP contribution in [0.3, 0.4) is 0 Å². The number of carbonyl (C=O) groups excluding carboxylic acids is 2. The molecule has 2 aromatic rings. The molecule has 1 atom stereocenters. The zero-order valence-corrected chi connectivity index (χ0v) is 16.4. The van der Waals surface area contributed by atoms with Gasteiger partial charge in [-0.1, -0.05) is 37.3 Å². The van der Waals surface area contributed by atoms with Crippen molar-refractivity contribution in [1.82, 2.24) is 15.3 Å². The maximum Gasteiger partial charge on any atom is 0.332 e. The Morgan fingerprint density at radius 3 is 2.67 bits per heavy atom. The van der Waals surface area contributed by atoms with Crippen molar-refractivity contribution < 1.29 is 14.4 Å². The molecule has 144 valence electrons. The highest BCUT2D eigenvalue weighted by atomic mass is 16.7. The van der Waals surface area contributed by atoms with Crippen molar-refractivity contribution in [3.63, 3.8) is 0 Å². The number of hydrogen-bond acceptors (Lipinski definition) is 4. The van der Waals surface area contributed by atoms with E-state index in [0.29, 0.717) is 23.6 Å². The van der Waals surface area contributed by atoms with Crippen LogP contribution in [0.15, 0.2) is 30.3 Å². The largest absolute Gasteiger partial charge is 0.341 e. The predicted octanol–water partition coefficient (Wildman–Crippen LogP) is 3.64. The summed E-state index contributed by atoms with van der Waals surface area (Å²) in [5.74, 6) is -0.547. The third-order valence-corrected chi connectivity index (χ3v) is 5.12. The average Bonchev–Trinajstić information content (AvgIpc) is 2.97. The number of rotatable bonds is 4. The second-order valence-electron chi connectivity index (χ2n) is 7.80. The summed E-state index contributed by atoms with van der Waals surface area (Å²) < 4.78 is 1.96. The molecule has 6 heteroatoms. The monoisotopic (exact) mass is 369 g/mol. The summed E-state index contributed by atoms with van der Waals surface area (Å²) in [5, 5.41) is 4.63. The SMILES string of the molecule is CCCC(=O)ONC(=O)c1c(C)nn2c1C[C@H](c1ccccc1)CC2(C)C. The molecular weight excluding hydrogens is 342 g/mol. The van der Waals surface area contributed by atoms with Gasteiger partial charge in [0.2, 0.25) is 0 Å². The maximum absolute atomic E-state index is 12.7. The number of aryl methyl sites for hydroxylation is 1. The first-order chi connectivity index (χ1) is 12.8. The van der Waals surface area contributed by atoms with Crippen LogP contribution in [-0.4, -0.2) is 21.7 Å². The van der Waals surface area contributed by atoms with E-state index in [1.165, 1.54) is 5.56 Å². The lowest BCUT2D eigenvalue weighted by Crippen LogP contribution is -2.37. The Bertz CT molecular complexity index is 840. The molecule has 6 nitrogen and oxygen atoms in total. The number of nitrogens with one attached hydrogen (secondary N) is 1. The minimum atomic E-state index is -0.438. The molecule has 1 amide bonds. The van der Waals surface area contributed by atoms with Crippen LogP contribution in [0.25, 0.3) is 0 Å². The molecule has 1 aromatic heterocycles. The molecule has 3 rings (SSSR count). The summed E-state index contributed by atoms with van der Waals surface area (Å²) in [5.41, 5.74) is 5.40. The highest BCUT2D eigenvalue weighted by Crippen LogP contribution is 2.40. The summed E-state index contributed by atoms with van der Waals surface area (Å²) in [6.45, 7) is 7.98. The Kier molecular flexibility index (Phi) is 5.35. The van der Waals surface area contributed by atoms with Gasteiger partial charge < -0.3 is 4.84 Å². The van der Waals surface area contributed by atoms with Crippen LogP contribution in [0.5, 0.6) is 0 Å². The van der Waals surface area contributed by atoms with E-state index in [1.807, 2.05) is 36.7 Å². The summed E-state index contributed by atoms with van der Waals surface area (Å²) in [6.07, 6.45) is 2.61. The lowest BCUT2D eigenvalue weighted by atomic mass is 9.79. The van der Waals surface area contributed by atoms with Crippen molar-refractivity contribution in [3.05, 3.63) is 52.8 Å². The molecule has 2 heterocycles. The molecule has 1 N–H and O–H groups in total. The number of nitrogens with zero attached hydrogens (tertiary/aromatic N) is 2. The van der Waals surface area contributed by atoms with E-state index < -0.39 is 11.9 Å². The van der Waals surface area contributed by atoms with Gasteiger partial charge in [-0.3, -0.25) is 9.48 Å². The van der Waals surface area contributed by atoms with Crippen molar-refractivity contribution in [2.45, 2.75) is 64.8 Å². The fourth-order valence-electron chi connectivity index (χ4n) is 3.93. The van der Waals surface area contributed by atoms with Gasteiger partial charge in [0.1, 0.15) is 0 Å². The van der Waals surface area contributed by atoms with Gasteiger partial charge >= 0.3 is 5.97 Å². The molecule has 0 bridgehead atoms. The van der Waals surface area contributed by atoms with Gasteiger partial charge in [0.15, 0.2) is 0 Å². The van der Waals surface area contributed by atoms with Crippen molar-refractivity contribution in [3.8, 4) is 0 Å². The Hall–Kier alpha value is -2.63. The number of fused-ring (bicyclic) bond motifs is 1. The van der Waals surface area contributed by atoms with Gasteiger partial charge in [0.25, 0.3) is 5.91 Å². The van der Waals surface area contributed by atoms with Crippen molar-refractivity contribution in [1.29, 1.82) is 0 Å². The highest BCUT2D eigenvalue weighted by molar-refractivity contribution is 5.96. The van der Waals surface area contributed by atoms with Gasteiger partial charge in [-0.2, -0.15) is 10.6 Å². The molecule has 1 aliphatic heterocycles. The smallest absolute Gasteiger partial charge is 0.332 e. The summed E-state index contributed by atoms with van der Waals surface area (Å²) in [4.78, 5) is 29.2. The molecule has 0 aliphatic carbocycles. The number of carbonyl (C=O) groups is 2. The Balaban J connectivity index is 1.90. The number of aromatic nitrogens is 2. The van der Waals surface area contributed by atoms with Crippen LogP contribution in [0.2, 0.25) is 0 Å². The van der Waals surface area contributed by atoms with Gasteiger partial charge in [0.05, 0.1) is 22.5 Å². The van der Waals surface area contributed by atoms with E-state index in [-0.39, 0.29) is 12.0 Å². The third-order valence-electron chi connectivity index (χ3n) is 5.12. The fraction of sp³-hybridized carbons (Fsp3) is 0.476. The van der Waals surface area contributed by atoms with Crippen molar-refractivity contribution in [2.75, 3.05) is 0 Å². The number of amides is 1. The van der Waals surface area contributed by atoms with Crippen LogP contribution < -0.4 is 5.48 Å².